The number of aromatic amines is 1. The fourth-order valence-electron chi connectivity index (χ4n) is 3.80. The smallest absolute Gasteiger partial charge is 0.410 e. The van der Waals surface area contributed by atoms with Crippen LogP contribution in [0.1, 0.15) is 48.9 Å². The summed E-state index contributed by atoms with van der Waals surface area (Å²) in [7, 11) is -4.05. The van der Waals surface area contributed by atoms with Crippen molar-refractivity contribution in [2.24, 2.45) is 5.92 Å². The van der Waals surface area contributed by atoms with Crippen LogP contribution in [0.15, 0.2) is 29.2 Å². The molecule has 0 spiro atoms. The van der Waals surface area contributed by atoms with Gasteiger partial charge in [-0.1, -0.05) is 40.9 Å². The Balaban J connectivity index is 1.78. The lowest BCUT2D eigenvalue weighted by Crippen LogP contribution is -2.54. The molecule has 2 unspecified atom stereocenters. The Morgan fingerprint density at radius 3 is 2.33 bits per heavy atom. The molecular formula is C24H31Cl2N3O6S. The van der Waals surface area contributed by atoms with Crippen LogP contribution < -0.4 is 5.32 Å². The van der Waals surface area contributed by atoms with E-state index < -0.39 is 39.7 Å². The zero-order chi connectivity index (χ0) is 26.8. The van der Waals surface area contributed by atoms with Gasteiger partial charge in [0, 0.05) is 30.7 Å². The summed E-state index contributed by atoms with van der Waals surface area (Å²) in [5.41, 5.74) is 0.886. The predicted octanol–water partition coefficient (Wildman–Crippen LogP) is 4.70. The fourth-order valence-corrected chi connectivity index (χ4v) is 5.18. The minimum Gasteiger partial charge on any atom is -0.444 e. The molecule has 12 heteroatoms. The first-order valence-electron chi connectivity index (χ1n) is 11.5. The number of rotatable bonds is 6. The summed E-state index contributed by atoms with van der Waals surface area (Å²) in [6, 6.07) is 5.80. The van der Waals surface area contributed by atoms with Gasteiger partial charge in [-0.15, -0.1) is 0 Å². The highest BCUT2D eigenvalue weighted by Gasteiger charge is 2.36. The fraction of sp³-hybridized carbons (Fsp3) is 0.500. The van der Waals surface area contributed by atoms with Crippen LogP contribution in [0.2, 0.25) is 10.0 Å². The van der Waals surface area contributed by atoms with Gasteiger partial charge < -0.3 is 19.9 Å². The third-order valence-electron chi connectivity index (χ3n) is 5.73. The minimum atomic E-state index is -4.05. The number of amides is 2. The molecule has 0 saturated carbocycles. The number of hydrogen-bond donors (Lipinski definition) is 2. The van der Waals surface area contributed by atoms with Crippen LogP contribution in [0.25, 0.3) is 0 Å². The maximum Gasteiger partial charge on any atom is 0.410 e. The topological polar surface area (TPSA) is 118 Å². The molecule has 2 aromatic rings. The van der Waals surface area contributed by atoms with E-state index in [0.29, 0.717) is 18.7 Å². The number of carbonyl (C=O) groups is 2. The third kappa shape index (κ3) is 6.94. The van der Waals surface area contributed by atoms with Gasteiger partial charge in [-0.2, -0.15) is 8.42 Å². The van der Waals surface area contributed by atoms with Crippen molar-refractivity contribution in [2.75, 3.05) is 19.7 Å². The van der Waals surface area contributed by atoms with Crippen LogP contribution in [0.3, 0.4) is 0 Å². The first kappa shape index (κ1) is 28.3. The molecule has 0 aliphatic carbocycles. The standard InChI is InChI=1S/C24H31Cl2N3O6S/c1-14-6-8-17(9-7-14)36(32,33)34-13-16-12-29(23(31)35-24(3,4)5)11-10-18(16)28-22(30)21-20(26)19(25)15(2)27-21/h6-9,16,18,27H,10-13H2,1-5H3,(H,28,30). The number of benzene rings is 1. The van der Waals surface area contributed by atoms with E-state index in [1.807, 2.05) is 6.92 Å². The van der Waals surface area contributed by atoms with Gasteiger partial charge >= 0.3 is 6.09 Å². The number of nitrogens with zero attached hydrogens (tertiary/aromatic N) is 1. The van der Waals surface area contributed by atoms with Gasteiger partial charge in [-0.3, -0.25) is 8.98 Å². The highest BCUT2D eigenvalue weighted by Crippen LogP contribution is 2.30. The van der Waals surface area contributed by atoms with Gasteiger partial charge in [-0.05, 0) is 53.2 Å². The van der Waals surface area contributed by atoms with Gasteiger partial charge in [0.2, 0.25) is 0 Å². The van der Waals surface area contributed by atoms with Gasteiger partial charge in [0.15, 0.2) is 0 Å². The average Bonchev–Trinajstić information content (AvgIpc) is 3.05. The van der Waals surface area contributed by atoms with Crippen molar-refractivity contribution < 1.29 is 26.9 Å². The summed E-state index contributed by atoms with van der Waals surface area (Å²) in [5, 5.41) is 3.25. The second-order valence-electron chi connectivity index (χ2n) is 9.86. The Morgan fingerprint density at radius 1 is 1.14 bits per heavy atom. The molecule has 1 aromatic carbocycles. The molecule has 198 valence electrons. The zero-order valence-corrected chi connectivity index (χ0v) is 23.2. The van der Waals surface area contributed by atoms with E-state index in [4.69, 9.17) is 32.1 Å². The van der Waals surface area contributed by atoms with Gasteiger partial charge in [0.05, 0.1) is 21.5 Å². The second-order valence-corrected chi connectivity index (χ2v) is 12.2. The average molecular weight is 561 g/mol. The van der Waals surface area contributed by atoms with E-state index in [-0.39, 0.29) is 33.8 Å². The van der Waals surface area contributed by atoms with E-state index in [1.165, 1.54) is 17.0 Å². The van der Waals surface area contributed by atoms with Crippen LogP contribution in [0, 0.1) is 19.8 Å². The van der Waals surface area contributed by atoms with E-state index in [9.17, 15) is 18.0 Å². The Hall–Kier alpha value is -2.27. The lowest BCUT2D eigenvalue weighted by atomic mass is 9.93. The predicted molar refractivity (Wildman–Crippen MR) is 137 cm³/mol. The van der Waals surface area contributed by atoms with Crippen LogP contribution in [-0.4, -0.2) is 61.6 Å². The minimum absolute atomic E-state index is 0.0248. The van der Waals surface area contributed by atoms with Crippen LogP contribution >= 0.6 is 23.2 Å². The summed E-state index contributed by atoms with van der Waals surface area (Å²) < 4.78 is 36.4. The van der Waals surface area contributed by atoms with Crippen molar-refractivity contribution in [3.8, 4) is 0 Å². The molecule has 1 fully saturated rings. The molecule has 3 rings (SSSR count). The molecule has 2 amide bonds. The van der Waals surface area contributed by atoms with Crippen molar-refractivity contribution in [3.63, 3.8) is 0 Å². The second kappa shape index (κ2) is 11.0. The van der Waals surface area contributed by atoms with E-state index in [0.717, 1.165) is 5.56 Å². The molecule has 2 atom stereocenters. The zero-order valence-electron chi connectivity index (χ0n) is 20.9. The molecule has 9 nitrogen and oxygen atoms in total. The highest BCUT2D eigenvalue weighted by molar-refractivity contribution is 7.86. The molecule has 1 saturated heterocycles. The molecule has 1 aromatic heterocycles. The van der Waals surface area contributed by atoms with Crippen molar-refractivity contribution >= 4 is 45.3 Å². The van der Waals surface area contributed by atoms with Gasteiger partial charge in [0.1, 0.15) is 11.3 Å². The number of H-pyrrole nitrogens is 1. The molecule has 0 radical (unpaired) electrons. The van der Waals surface area contributed by atoms with Crippen LogP contribution in [-0.2, 0) is 19.0 Å². The summed E-state index contributed by atoms with van der Waals surface area (Å²) in [6.45, 7) is 9.01. The molecule has 2 heterocycles. The number of ether oxygens (including phenoxy) is 1. The van der Waals surface area contributed by atoms with E-state index in [1.54, 1.807) is 39.8 Å². The number of carbonyl (C=O) groups excluding carboxylic acids is 2. The molecule has 1 aliphatic rings. The normalized spacial score (nSPS) is 18.7. The number of likely N-dealkylation sites (tertiary alicyclic amines) is 1. The summed E-state index contributed by atoms with van der Waals surface area (Å²) in [6.07, 6.45) is -0.164. The van der Waals surface area contributed by atoms with Crippen molar-refractivity contribution in [1.29, 1.82) is 0 Å². The summed E-state index contributed by atoms with van der Waals surface area (Å²) >= 11 is 12.3. The van der Waals surface area contributed by atoms with Crippen molar-refractivity contribution in [2.45, 2.75) is 57.6 Å². The van der Waals surface area contributed by atoms with E-state index >= 15 is 0 Å². The number of aromatic nitrogens is 1. The summed E-state index contributed by atoms with van der Waals surface area (Å²) in [4.78, 5) is 30.0. The monoisotopic (exact) mass is 559 g/mol. The van der Waals surface area contributed by atoms with Crippen LogP contribution in [0.5, 0.6) is 0 Å². The first-order valence-corrected chi connectivity index (χ1v) is 13.6. The highest BCUT2D eigenvalue weighted by atomic mass is 35.5. The maximum atomic E-state index is 13.0. The number of hydrogen-bond acceptors (Lipinski definition) is 6. The number of aryl methyl sites for hydroxylation is 2. The number of piperidine rings is 1. The molecule has 0 bridgehead atoms. The number of halogens is 2. The first-order chi connectivity index (χ1) is 16.7. The maximum absolute atomic E-state index is 13.0. The molecule has 36 heavy (non-hydrogen) atoms. The molecule has 2 N–H and O–H groups in total. The Morgan fingerprint density at radius 2 is 1.78 bits per heavy atom. The SMILES string of the molecule is Cc1ccc(S(=O)(=O)OCC2CN(C(=O)OC(C)(C)C)CCC2NC(=O)c2[nH]c(C)c(Cl)c2Cl)cc1. The van der Waals surface area contributed by atoms with E-state index in [2.05, 4.69) is 10.3 Å². The third-order valence-corrected chi connectivity index (χ3v) is 7.97. The van der Waals surface area contributed by atoms with Gasteiger partial charge in [0.25, 0.3) is 16.0 Å². The lowest BCUT2D eigenvalue weighted by Gasteiger charge is -2.39. The van der Waals surface area contributed by atoms with Crippen molar-refractivity contribution in [3.05, 3.63) is 51.3 Å². The lowest BCUT2D eigenvalue weighted by molar-refractivity contribution is 0.0101. The Labute approximate surface area is 221 Å². The summed E-state index contributed by atoms with van der Waals surface area (Å²) in [5.74, 6) is -1.03. The molecule has 1 aliphatic heterocycles. The quantitative estimate of drug-likeness (QED) is 0.495. The number of nitrogens with one attached hydrogen (secondary N) is 2. The van der Waals surface area contributed by atoms with Crippen molar-refractivity contribution in [1.82, 2.24) is 15.2 Å². The van der Waals surface area contributed by atoms with Gasteiger partial charge in [-0.25, -0.2) is 4.79 Å². The Bertz CT molecular complexity index is 1220. The van der Waals surface area contributed by atoms with Crippen LogP contribution in [0.4, 0.5) is 4.79 Å². The molecular weight excluding hydrogens is 529 g/mol. The Kier molecular flexibility index (Phi) is 8.65. The largest absolute Gasteiger partial charge is 0.444 e.